The van der Waals surface area contributed by atoms with Gasteiger partial charge in [-0.15, -0.1) is 0 Å². The van der Waals surface area contributed by atoms with Crippen LogP contribution in [0.15, 0.2) is 67.0 Å². The van der Waals surface area contributed by atoms with E-state index in [1.54, 1.807) is 30.5 Å². The average Bonchev–Trinajstić information content (AvgIpc) is 2.63. The Bertz CT molecular complexity index is 853. The van der Waals surface area contributed by atoms with Gasteiger partial charge in [0, 0.05) is 16.8 Å². The number of carbonyl (C=O) groups is 1. The molecule has 25 heavy (non-hydrogen) atoms. The van der Waals surface area contributed by atoms with Gasteiger partial charge in [0.15, 0.2) is 0 Å². The van der Waals surface area contributed by atoms with Crippen molar-refractivity contribution >= 4 is 29.0 Å². The van der Waals surface area contributed by atoms with E-state index in [-0.39, 0.29) is 17.6 Å². The molecule has 1 amide bonds. The molecule has 0 aliphatic rings. The van der Waals surface area contributed by atoms with Crippen LogP contribution in [0.25, 0.3) is 0 Å². The molecule has 1 atom stereocenters. The van der Waals surface area contributed by atoms with Crippen molar-refractivity contribution in [2.75, 3.05) is 10.6 Å². The van der Waals surface area contributed by atoms with Crippen molar-refractivity contribution in [2.24, 2.45) is 0 Å². The van der Waals surface area contributed by atoms with E-state index in [0.717, 1.165) is 5.56 Å². The maximum atomic E-state index is 12.2. The molecule has 6 heteroatoms. The molecular weight excluding hydrogens is 336 g/mol. The lowest BCUT2D eigenvalue weighted by molar-refractivity contribution is 0.102. The fraction of sp³-hybridized carbons (Fsp3) is 0.105. The summed E-state index contributed by atoms with van der Waals surface area (Å²) in [6.07, 6.45) is 2.99. The monoisotopic (exact) mass is 352 g/mol. The number of hydrogen-bond donors (Lipinski definition) is 2. The second-order valence-corrected chi connectivity index (χ2v) is 5.96. The Morgan fingerprint density at radius 1 is 1.04 bits per heavy atom. The maximum absolute atomic E-state index is 12.2. The van der Waals surface area contributed by atoms with Gasteiger partial charge in [0.25, 0.3) is 5.91 Å². The van der Waals surface area contributed by atoms with Crippen molar-refractivity contribution in [1.82, 2.24) is 9.97 Å². The van der Waals surface area contributed by atoms with E-state index < -0.39 is 0 Å². The number of benzene rings is 2. The predicted octanol–water partition coefficient (Wildman–Crippen LogP) is 4.56. The third kappa shape index (κ3) is 4.55. The minimum absolute atomic E-state index is 0.0848. The van der Waals surface area contributed by atoms with Crippen LogP contribution in [0.5, 0.6) is 0 Å². The van der Waals surface area contributed by atoms with Crippen molar-refractivity contribution in [1.29, 1.82) is 0 Å². The molecule has 0 saturated heterocycles. The van der Waals surface area contributed by atoms with E-state index in [4.69, 9.17) is 11.6 Å². The Morgan fingerprint density at radius 3 is 2.52 bits per heavy atom. The van der Waals surface area contributed by atoms with Crippen molar-refractivity contribution in [3.63, 3.8) is 0 Å². The number of nitrogens with zero attached hydrogens (tertiary/aromatic N) is 2. The zero-order valence-corrected chi connectivity index (χ0v) is 14.4. The molecule has 126 valence electrons. The Labute approximate surface area is 151 Å². The molecule has 0 bridgehead atoms. The van der Waals surface area contributed by atoms with Crippen LogP contribution in [0, 0.1) is 0 Å². The van der Waals surface area contributed by atoms with Gasteiger partial charge in [-0.3, -0.25) is 4.79 Å². The lowest BCUT2D eigenvalue weighted by Crippen LogP contribution is -2.15. The summed E-state index contributed by atoms with van der Waals surface area (Å²) in [6.45, 7) is 2.04. The molecule has 1 unspecified atom stereocenters. The summed E-state index contributed by atoms with van der Waals surface area (Å²) in [5.41, 5.74) is 1.99. The van der Waals surface area contributed by atoms with Crippen LogP contribution in [0.2, 0.25) is 5.02 Å². The van der Waals surface area contributed by atoms with Crippen LogP contribution in [0.4, 0.5) is 11.5 Å². The first-order chi connectivity index (χ1) is 12.1. The molecule has 2 aromatic carbocycles. The van der Waals surface area contributed by atoms with Gasteiger partial charge in [-0.2, -0.15) is 0 Å². The maximum Gasteiger partial charge on any atom is 0.275 e. The first-order valence-corrected chi connectivity index (χ1v) is 8.20. The molecule has 0 saturated carbocycles. The fourth-order valence-corrected chi connectivity index (χ4v) is 2.52. The molecule has 0 aliphatic heterocycles. The summed E-state index contributed by atoms with van der Waals surface area (Å²) >= 11 is 5.91. The third-order valence-corrected chi connectivity index (χ3v) is 3.87. The SMILES string of the molecule is CC(Nc1cnc(C(=O)Nc2cccc(Cl)c2)cn1)c1ccccc1. The fourth-order valence-electron chi connectivity index (χ4n) is 2.33. The molecule has 0 spiro atoms. The number of nitrogens with one attached hydrogen (secondary N) is 2. The number of anilines is 2. The van der Waals surface area contributed by atoms with Gasteiger partial charge < -0.3 is 10.6 Å². The summed E-state index contributed by atoms with van der Waals surface area (Å²) < 4.78 is 0. The van der Waals surface area contributed by atoms with Gasteiger partial charge in [-0.1, -0.05) is 48.0 Å². The predicted molar refractivity (Wildman–Crippen MR) is 99.9 cm³/mol. The summed E-state index contributed by atoms with van der Waals surface area (Å²) in [5, 5.41) is 6.55. The number of rotatable bonds is 5. The highest BCUT2D eigenvalue weighted by atomic mass is 35.5. The van der Waals surface area contributed by atoms with Crippen LogP contribution < -0.4 is 10.6 Å². The zero-order valence-electron chi connectivity index (χ0n) is 13.6. The quantitative estimate of drug-likeness (QED) is 0.706. The van der Waals surface area contributed by atoms with Crippen molar-refractivity contribution in [3.05, 3.63) is 83.3 Å². The normalized spacial score (nSPS) is 11.6. The summed E-state index contributed by atoms with van der Waals surface area (Å²) in [4.78, 5) is 20.6. The highest BCUT2D eigenvalue weighted by Crippen LogP contribution is 2.18. The number of halogens is 1. The van der Waals surface area contributed by atoms with E-state index in [1.807, 2.05) is 37.3 Å². The van der Waals surface area contributed by atoms with E-state index in [2.05, 4.69) is 20.6 Å². The molecule has 3 aromatic rings. The van der Waals surface area contributed by atoms with E-state index in [1.165, 1.54) is 6.20 Å². The minimum atomic E-state index is -0.336. The Hall–Kier alpha value is -2.92. The van der Waals surface area contributed by atoms with Crippen LogP contribution in [0.3, 0.4) is 0 Å². The Balaban J connectivity index is 1.64. The minimum Gasteiger partial charge on any atom is -0.362 e. The van der Waals surface area contributed by atoms with Crippen LogP contribution in [0.1, 0.15) is 29.0 Å². The van der Waals surface area contributed by atoms with Gasteiger partial charge in [-0.25, -0.2) is 9.97 Å². The van der Waals surface area contributed by atoms with Crippen molar-refractivity contribution in [3.8, 4) is 0 Å². The lowest BCUT2D eigenvalue weighted by Gasteiger charge is -2.14. The summed E-state index contributed by atoms with van der Waals surface area (Å²) in [6, 6.07) is 17.1. The highest BCUT2D eigenvalue weighted by Gasteiger charge is 2.10. The molecule has 0 aliphatic carbocycles. The van der Waals surface area contributed by atoms with Crippen LogP contribution >= 0.6 is 11.6 Å². The van der Waals surface area contributed by atoms with Crippen LogP contribution in [-0.4, -0.2) is 15.9 Å². The number of hydrogen-bond acceptors (Lipinski definition) is 4. The first-order valence-electron chi connectivity index (χ1n) is 7.82. The van der Waals surface area contributed by atoms with Crippen LogP contribution in [-0.2, 0) is 0 Å². The first kappa shape index (κ1) is 16.9. The standard InChI is InChI=1S/C19H17ClN4O/c1-13(14-6-3-2-4-7-14)23-18-12-21-17(11-22-18)19(25)24-16-9-5-8-15(20)10-16/h2-13H,1H3,(H,22,23)(H,24,25). The second-order valence-electron chi connectivity index (χ2n) is 5.53. The molecular formula is C19H17ClN4O. The molecule has 0 fully saturated rings. The van der Waals surface area contributed by atoms with Gasteiger partial charge >= 0.3 is 0 Å². The second kappa shape index (κ2) is 7.77. The molecule has 1 heterocycles. The van der Waals surface area contributed by atoms with Crippen molar-refractivity contribution < 1.29 is 4.79 Å². The van der Waals surface area contributed by atoms with E-state index >= 15 is 0 Å². The third-order valence-electron chi connectivity index (χ3n) is 3.63. The largest absolute Gasteiger partial charge is 0.362 e. The van der Waals surface area contributed by atoms with Gasteiger partial charge in [0.05, 0.1) is 12.4 Å². The average molecular weight is 353 g/mol. The van der Waals surface area contributed by atoms with E-state index in [0.29, 0.717) is 16.5 Å². The van der Waals surface area contributed by atoms with E-state index in [9.17, 15) is 4.79 Å². The molecule has 0 radical (unpaired) electrons. The molecule has 1 aromatic heterocycles. The lowest BCUT2D eigenvalue weighted by atomic mass is 10.1. The van der Waals surface area contributed by atoms with Crippen molar-refractivity contribution in [2.45, 2.75) is 13.0 Å². The molecule has 5 nitrogen and oxygen atoms in total. The van der Waals surface area contributed by atoms with Gasteiger partial charge in [0.1, 0.15) is 11.5 Å². The number of amides is 1. The smallest absolute Gasteiger partial charge is 0.275 e. The molecule has 3 rings (SSSR count). The number of carbonyl (C=O) groups excluding carboxylic acids is 1. The topological polar surface area (TPSA) is 66.9 Å². The summed E-state index contributed by atoms with van der Waals surface area (Å²) in [5.74, 6) is 0.271. The molecule has 2 N–H and O–H groups in total. The Kier molecular flexibility index (Phi) is 5.26. The zero-order chi connectivity index (χ0) is 17.6. The van der Waals surface area contributed by atoms with Gasteiger partial charge in [0.2, 0.25) is 0 Å². The van der Waals surface area contributed by atoms with Gasteiger partial charge in [-0.05, 0) is 30.7 Å². The summed E-state index contributed by atoms with van der Waals surface area (Å²) in [7, 11) is 0. The number of aromatic nitrogens is 2. The highest BCUT2D eigenvalue weighted by molar-refractivity contribution is 6.30. The Morgan fingerprint density at radius 2 is 1.84 bits per heavy atom.